The molecule has 3 rings (SSSR count). The van der Waals surface area contributed by atoms with Crippen LogP contribution in [-0.4, -0.2) is 12.1 Å². The van der Waals surface area contributed by atoms with Gasteiger partial charge in [-0.15, -0.1) is 0 Å². The molecule has 2 nitrogen and oxygen atoms in total. The van der Waals surface area contributed by atoms with Gasteiger partial charge in [0.15, 0.2) is 6.29 Å². The van der Waals surface area contributed by atoms with Crippen molar-refractivity contribution in [1.82, 2.24) is 0 Å². The minimum Gasteiger partial charge on any atom is -0.294 e. The van der Waals surface area contributed by atoms with Crippen molar-refractivity contribution in [3.63, 3.8) is 0 Å². The molecule has 2 aromatic carbocycles. The van der Waals surface area contributed by atoms with E-state index in [2.05, 4.69) is 0 Å². The topological polar surface area (TPSA) is 34.1 Å². The Labute approximate surface area is 92.2 Å². The number of allylic oxidation sites excluding steroid dienone is 1. The molecular formula is C14H8O2. The van der Waals surface area contributed by atoms with Gasteiger partial charge in [-0.2, -0.15) is 0 Å². The van der Waals surface area contributed by atoms with Crippen LogP contribution in [-0.2, 0) is 9.59 Å². The summed E-state index contributed by atoms with van der Waals surface area (Å²) in [6, 6.07) is 11.7. The molecule has 2 aromatic rings. The van der Waals surface area contributed by atoms with E-state index in [0.29, 0.717) is 11.9 Å². The molecule has 0 atom stereocenters. The molecule has 0 saturated heterocycles. The van der Waals surface area contributed by atoms with E-state index in [9.17, 15) is 9.59 Å². The molecule has 2 heteroatoms. The van der Waals surface area contributed by atoms with Crippen LogP contribution in [0.5, 0.6) is 0 Å². The molecule has 0 N–H and O–H groups in total. The fraction of sp³-hybridized carbons (Fsp3) is 0. The first-order chi connectivity index (χ1) is 7.81. The van der Waals surface area contributed by atoms with Crippen LogP contribution in [0, 0.1) is 0 Å². The zero-order chi connectivity index (χ0) is 11.1. The van der Waals surface area contributed by atoms with Crippen molar-refractivity contribution in [2.24, 2.45) is 0 Å². The summed E-state index contributed by atoms with van der Waals surface area (Å²) in [5, 5.41) is 2.16. The highest BCUT2D eigenvalue weighted by atomic mass is 16.2. The average Bonchev–Trinajstić information content (AvgIpc) is 2.70. The van der Waals surface area contributed by atoms with Crippen LogP contribution in [0.4, 0.5) is 0 Å². The number of rotatable bonds is 2. The zero-order valence-corrected chi connectivity index (χ0v) is 8.44. The van der Waals surface area contributed by atoms with Gasteiger partial charge in [0.1, 0.15) is 0 Å². The molecule has 0 spiro atoms. The molecule has 0 amide bonds. The highest BCUT2D eigenvalue weighted by Gasteiger charge is 2.20. The summed E-state index contributed by atoms with van der Waals surface area (Å²) in [4.78, 5) is 22.1. The third-order valence-electron chi connectivity index (χ3n) is 2.90. The van der Waals surface area contributed by atoms with Gasteiger partial charge in [0.2, 0.25) is 5.78 Å². The highest BCUT2D eigenvalue weighted by molar-refractivity contribution is 6.50. The Morgan fingerprint density at radius 2 is 1.81 bits per heavy atom. The smallest absolute Gasteiger partial charge is 0.226 e. The minimum atomic E-state index is -0.455. The van der Waals surface area contributed by atoms with Crippen LogP contribution < -0.4 is 0 Å². The molecule has 0 heterocycles. The summed E-state index contributed by atoms with van der Waals surface area (Å²) in [7, 11) is 0. The number of Topliss-reactive ketones (excluding diaryl/α,β-unsaturated/α-hetero) is 1. The number of hydrogen-bond acceptors (Lipinski definition) is 2. The van der Waals surface area contributed by atoms with Crippen LogP contribution in [0.1, 0.15) is 11.1 Å². The van der Waals surface area contributed by atoms with E-state index in [1.165, 1.54) is 0 Å². The monoisotopic (exact) mass is 208 g/mol. The third kappa shape index (κ3) is 1.07. The van der Waals surface area contributed by atoms with Gasteiger partial charge in [0.25, 0.3) is 0 Å². The normalized spacial score (nSPS) is 12.6. The van der Waals surface area contributed by atoms with Crippen molar-refractivity contribution in [3.8, 4) is 0 Å². The SMILES string of the molecule is O=CC(=O)C1=Cc2cccc3cccc1c23. The van der Waals surface area contributed by atoms with Crippen molar-refractivity contribution >= 4 is 34.5 Å². The fourth-order valence-electron chi connectivity index (χ4n) is 2.22. The Balaban J connectivity index is 2.38. The van der Waals surface area contributed by atoms with E-state index < -0.39 is 5.78 Å². The Morgan fingerprint density at radius 3 is 2.56 bits per heavy atom. The predicted molar refractivity (Wildman–Crippen MR) is 62.9 cm³/mol. The Hall–Kier alpha value is -2.22. The quantitative estimate of drug-likeness (QED) is 0.561. The second-order valence-electron chi connectivity index (χ2n) is 3.79. The molecule has 1 aliphatic carbocycles. The van der Waals surface area contributed by atoms with E-state index in [0.717, 1.165) is 21.9 Å². The molecule has 0 aromatic heterocycles. The van der Waals surface area contributed by atoms with E-state index in [4.69, 9.17) is 0 Å². The summed E-state index contributed by atoms with van der Waals surface area (Å²) in [6.45, 7) is 0. The van der Waals surface area contributed by atoms with Gasteiger partial charge in [0.05, 0.1) is 0 Å². The summed E-state index contributed by atoms with van der Waals surface area (Å²) >= 11 is 0. The number of carbonyl (C=O) groups excluding carboxylic acids is 2. The molecule has 0 radical (unpaired) electrons. The third-order valence-corrected chi connectivity index (χ3v) is 2.90. The van der Waals surface area contributed by atoms with Gasteiger partial charge in [-0.05, 0) is 28.0 Å². The summed E-state index contributed by atoms with van der Waals surface area (Å²) in [6.07, 6.45) is 2.16. The van der Waals surface area contributed by atoms with Crippen molar-refractivity contribution < 1.29 is 9.59 Å². The van der Waals surface area contributed by atoms with Gasteiger partial charge in [0, 0.05) is 5.57 Å². The first kappa shape index (κ1) is 9.04. The maximum atomic E-state index is 11.5. The Bertz CT molecular complexity index is 646. The highest BCUT2D eigenvalue weighted by Crippen LogP contribution is 2.36. The van der Waals surface area contributed by atoms with Crippen LogP contribution in [0.2, 0.25) is 0 Å². The van der Waals surface area contributed by atoms with Crippen LogP contribution in [0.25, 0.3) is 22.4 Å². The van der Waals surface area contributed by atoms with Crippen LogP contribution in [0.15, 0.2) is 36.4 Å². The summed E-state index contributed by atoms with van der Waals surface area (Å²) in [5.41, 5.74) is 2.38. The van der Waals surface area contributed by atoms with Gasteiger partial charge in [-0.1, -0.05) is 36.4 Å². The lowest BCUT2D eigenvalue weighted by Gasteiger charge is -2.02. The molecular weight excluding hydrogens is 200 g/mol. The lowest BCUT2D eigenvalue weighted by molar-refractivity contribution is -0.126. The maximum absolute atomic E-state index is 11.5. The number of carbonyl (C=O) groups is 2. The fourth-order valence-corrected chi connectivity index (χ4v) is 2.22. The first-order valence-electron chi connectivity index (χ1n) is 5.04. The number of hydrogen-bond donors (Lipinski definition) is 0. The first-order valence-corrected chi connectivity index (χ1v) is 5.04. The Morgan fingerprint density at radius 1 is 1.06 bits per heavy atom. The number of benzene rings is 2. The van der Waals surface area contributed by atoms with Crippen molar-refractivity contribution in [2.45, 2.75) is 0 Å². The van der Waals surface area contributed by atoms with E-state index >= 15 is 0 Å². The molecule has 0 fully saturated rings. The van der Waals surface area contributed by atoms with E-state index in [-0.39, 0.29) is 0 Å². The van der Waals surface area contributed by atoms with E-state index in [1.807, 2.05) is 36.4 Å². The average molecular weight is 208 g/mol. The zero-order valence-electron chi connectivity index (χ0n) is 8.44. The molecule has 0 saturated carbocycles. The standard InChI is InChI=1S/C14H8O2/c15-8-13(16)12-7-10-5-1-3-9-4-2-6-11(12)14(9)10/h1-8H. The molecule has 0 aliphatic heterocycles. The molecule has 1 aliphatic rings. The number of aldehydes is 1. The maximum Gasteiger partial charge on any atom is 0.226 e. The van der Waals surface area contributed by atoms with Crippen molar-refractivity contribution in [2.75, 3.05) is 0 Å². The second-order valence-corrected chi connectivity index (χ2v) is 3.79. The number of ketones is 1. The van der Waals surface area contributed by atoms with Crippen LogP contribution in [0.3, 0.4) is 0 Å². The van der Waals surface area contributed by atoms with Crippen molar-refractivity contribution in [1.29, 1.82) is 0 Å². The molecule has 0 bridgehead atoms. The van der Waals surface area contributed by atoms with Crippen LogP contribution >= 0.6 is 0 Å². The van der Waals surface area contributed by atoms with Crippen molar-refractivity contribution in [3.05, 3.63) is 47.5 Å². The molecule has 0 unspecified atom stereocenters. The lowest BCUT2D eigenvalue weighted by Crippen LogP contribution is -2.00. The Kier molecular flexibility index (Phi) is 1.77. The summed E-state index contributed by atoms with van der Waals surface area (Å²) in [5.74, 6) is -0.455. The van der Waals surface area contributed by atoms with E-state index in [1.54, 1.807) is 6.08 Å². The molecule has 16 heavy (non-hydrogen) atoms. The summed E-state index contributed by atoms with van der Waals surface area (Å²) < 4.78 is 0. The minimum absolute atomic E-state index is 0.372. The second kappa shape index (κ2) is 3.14. The predicted octanol–water partition coefficient (Wildman–Crippen LogP) is 2.46. The molecule has 76 valence electrons. The van der Waals surface area contributed by atoms with Gasteiger partial charge in [-0.3, -0.25) is 9.59 Å². The largest absolute Gasteiger partial charge is 0.294 e. The van der Waals surface area contributed by atoms with Gasteiger partial charge >= 0.3 is 0 Å². The van der Waals surface area contributed by atoms with Gasteiger partial charge in [-0.25, -0.2) is 0 Å². The van der Waals surface area contributed by atoms with Gasteiger partial charge < -0.3 is 0 Å². The lowest BCUT2D eigenvalue weighted by atomic mass is 10.0.